The second kappa shape index (κ2) is 5.33. The Bertz CT molecular complexity index is 226. The standard InChI is InChI=1S/C9H14F3N3/c10-9(11,12)8(6-13)7-15-4-1-2-14-3-5-15/h8,14H,1-5,7H2. The summed E-state index contributed by atoms with van der Waals surface area (Å²) < 4.78 is 36.9. The minimum Gasteiger partial charge on any atom is -0.315 e. The highest BCUT2D eigenvalue weighted by atomic mass is 19.4. The van der Waals surface area contributed by atoms with Crippen LogP contribution in [0.3, 0.4) is 0 Å². The van der Waals surface area contributed by atoms with Crippen molar-refractivity contribution in [3.63, 3.8) is 0 Å². The molecular weight excluding hydrogens is 207 g/mol. The minimum atomic E-state index is -4.41. The van der Waals surface area contributed by atoms with Crippen molar-refractivity contribution in [2.45, 2.75) is 12.6 Å². The highest BCUT2D eigenvalue weighted by Gasteiger charge is 2.40. The Morgan fingerprint density at radius 2 is 2.07 bits per heavy atom. The lowest BCUT2D eigenvalue weighted by Gasteiger charge is -2.23. The van der Waals surface area contributed by atoms with Crippen molar-refractivity contribution < 1.29 is 13.2 Å². The fourth-order valence-corrected chi connectivity index (χ4v) is 1.56. The van der Waals surface area contributed by atoms with Crippen molar-refractivity contribution in [1.82, 2.24) is 10.2 Å². The molecule has 1 aliphatic rings. The summed E-state index contributed by atoms with van der Waals surface area (Å²) in [5.74, 6) is -1.87. The molecule has 1 unspecified atom stereocenters. The molecule has 0 amide bonds. The fourth-order valence-electron chi connectivity index (χ4n) is 1.56. The highest BCUT2D eigenvalue weighted by molar-refractivity contribution is 4.91. The number of nitrogens with zero attached hydrogens (tertiary/aromatic N) is 2. The molecule has 0 radical (unpaired) electrons. The predicted molar refractivity (Wildman–Crippen MR) is 49.1 cm³/mol. The molecule has 0 spiro atoms. The van der Waals surface area contributed by atoms with Gasteiger partial charge >= 0.3 is 6.18 Å². The lowest BCUT2D eigenvalue weighted by Crippen LogP contribution is -2.37. The maximum Gasteiger partial charge on any atom is 0.405 e. The van der Waals surface area contributed by atoms with E-state index in [9.17, 15) is 13.2 Å². The quantitative estimate of drug-likeness (QED) is 0.755. The van der Waals surface area contributed by atoms with Crippen molar-refractivity contribution in [3.05, 3.63) is 0 Å². The maximum atomic E-state index is 12.3. The Morgan fingerprint density at radius 1 is 1.33 bits per heavy atom. The summed E-state index contributed by atoms with van der Waals surface area (Å²) in [6.45, 7) is 2.52. The molecule has 1 atom stereocenters. The normalized spacial score (nSPS) is 21.7. The van der Waals surface area contributed by atoms with Gasteiger partial charge in [0.2, 0.25) is 0 Å². The van der Waals surface area contributed by atoms with E-state index in [1.807, 2.05) is 0 Å². The molecule has 1 heterocycles. The summed E-state index contributed by atoms with van der Waals surface area (Å²) in [6.07, 6.45) is -3.58. The molecular formula is C9H14F3N3. The molecule has 0 aliphatic carbocycles. The summed E-state index contributed by atoms with van der Waals surface area (Å²) >= 11 is 0. The van der Waals surface area contributed by atoms with E-state index in [4.69, 9.17) is 5.26 Å². The van der Waals surface area contributed by atoms with E-state index < -0.39 is 12.1 Å². The summed E-state index contributed by atoms with van der Waals surface area (Å²) in [5.41, 5.74) is 0. The zero-order valence-corrected chi connectivity index (χ0v) is 8.35. The lowest BCUT2D eigenvalue weighted by molar-refractivity contribution is -0.163. The third kappa shape index (κ3) is 4.06. The number of rotatable bonds is 2. The van der Waals surface area contributed by atoms with E-state index in [1.165, 1.54) is 6.07 Å². The number of hydrogen-bond acceptors (Lipinski definition) is 3. The van der Waals surface area contributed by atoms with Crippen molar-refractivity contribution in [2.75, 3.05) is 32.7 Å². The van der Waals surface area contributed by atoms with Gasteiger partial charge < -0.3 is 10.2 Å². The second-order valence-electron chi connectivity index (χ2n) is 3.63. The maximum absolute atomic E-state index is 12.3. The van der Waals surface area contributed by atoms with Crippen LogP contribution in [0.25, 0.3) is 0 Å². The molecule has 1 fully saturated rings. The van der Waals surface area contributed by atoms with Gasteiger partial charge in [0, 0.05) is 19.6 Å². The molecule has 15 heavy (non-hydrogen) atoms. The molecule has 86 valence electrons. The molecule has 0 aromatic heterocycles. The molecule has 1 saturated heterocycles. The number of alkyl halides is 3. The summed E-state index contributed by atoms with van der Waals surface area (Å²) in [4.78, 5) is 1.70. The van der Waals surface area contributed by atoms with Crippen LogP contribution < -0.4 is 5.32 Å². The van der Waals surface area contributed by atoms with E-state index >= 15 is 0 Å². The van der Waals surface area contributed by atoms with E-state index in [0.717, 1.165) is 13.0 Å². The van der Waals surface area contributed by atoms with Crippen molar-refractivity contribution in [2.24, 2.45) is 5.92 Å². The van der Waals surface area contributed by atoms with Crippen LogP contribution in [0.2, 0.25) is 0 Å². The van der Waals surface area contributed by atoms with Gasteiger partial charge in [0.05, 0.1) is 6.07 Å². The number of nitriles is 1. The van der Waals surface area contributed by atoms with Gasteiger partial charge in [0.25, 0.3) is 0 Å². The first-order valence-electron chi connectivity index (χ1n) is 4.93. The topological polar surface area (TPSA) is 39.1 Å². The molecule has 0 bridgehead atoms. The monoisotopic (exact) mass is 221 g/mol. The molecule has 1 N–H and O–H groups in total. The third-order valence-electron chi connectivity index (χ3n) is 2.42. The number of hydrogen-bond donors (Lipinski definition) is 1. The van der Waals surface area contributed by atoms with Crippen LogP contribution in [0.15, 0.2) is 0 Å². The fraction of sp³-hybridized carbons (Fsp3) is 0.889. The number of halogens is 3. The summed E-state index contributed by atoms with van der Waals surface area (Å²) in [5, 5.41) is 11.6. The van der Waals surface area contributed by atoms with Gasteiger partial charge in [-0.2, -0.15) is 18.4 Å². The van der Waals surface area contributed by atoms with Crippen LogP contribution in [-0.2, 0) is 0 Å². The molecule has 0 aromatic carbocycles. The third-order valence-corrected chi connectivity index (χ3v) is 2.42. The van der Waals surface area contributed by atoms with Crippen LogP contribution in [0.5, 0.6) is 0 Å². The molecule has 1 rings (SSSR count). The van der Waals surface area contributed by atoms with Crippen LogP contribution in [0.4, 0.5) is 13.2 Å². The SMILES string of the molecule is N#CC(CN1CCCNCC1)C(F)(F)F. The first-order chi connectivity index (χ1) is 7.04. The van der Waals surface area contributed by atoms with E-state index in [1.54, 1.807) is 4.90 Å². The van der Waals surface area contributed by atoms with Gasteiger partial charge in [-0.1, -0.05) is 0 Å². The Hall–Kier alpha value is -0.800. The lowest BCUT2D eigenvalue weighted by atomic mass is 10.1. The van der Waals surface area contributed by atoms with Crippen molar-refractivity contribution in [3.8, 4) is 6.07 Å². The first-order valence-corrected chi connectivity index (χ1v) is 4.93. The molecule has 0 aromatic rings. The first kappa shape index (κ1) is 12.3. The largest absolute Gasteiger partial charge is 0.405 e. The van der Waals surface area contributed by atoms with Crippen molar-refractivity contribution in [1.29, 1.82) is 5.26 Å². The smallest absolute Gasteiger partial charge is 0.315 e. The van der Waals surface area contributed by atoms with E-state index in [0.29, 0.717) is 19.6 Å². The second-order valence-corrected chi connectivity index (χ2v) is 3.63. The summed E-state index contributed by atoms with van der Waals surface area (Å²) in [7, 11) is 0. The molecule has 3 nitrogen and oxygen atoms in total. The van der Waals surface area contributed by atoms with Gasteiger partial charge in [-0.15, -0.1) is 0 Å². The van der Waals surface area contributed by atoms with Crippen LogP contribution >= 0.6 is 0 Å². The van der Waals surface area contributed by atoms with Crippen LogP contribution in [-0.4, -0.2) is 43.8 Å². The number of nitrogens with one attached hydrogen (secondary N) is 1. The zero-order chi connectivity index (χ0) is 11.3. The zero-order valence-electron chi connectivity index (χ0n) is 8.35. The molecule has 1 aliphatic heterocycles. The minimum absolute atomic E-state index is 0.207. The molecule has 0 saturated carbocycles. The predicted octanol–water partition coefficient (Wildman–Crippen LogP) is 0.984. The van der Waals surface area contributed by atoms with Crippen molar-refractivity contribution >= 4 is 0 Å². The van der Waals surface area contributed by atoms with Crippen LogP contribution in [0.1, 0.15) is 6.42 Å². The Labute approximate surface area is 86.9 Å². The van der Waals surface area contributed by atoms with Gasteiger partial charge in [0.1, 0.15) is 0 Å². The summed E-state index contributed by atoms with van der Waals surface area (Å²) in [6, 6.07) is 1.32. The Kier molecular flexibility index (Phi) is 4.36. The highest BCUT2D eigenvalue weighted by Crippen LogP contribution is 2.26. The average molecular weight is 221 g/mol. The average Bonchev–Trinajstić information content (AvgIpc) is 2.40. The van der Waals surface area contributed by atoms with Gasteiger partial charge in [-0.25, -0.2) is 0 Å². The van der Waals surface area contributed by atoms with E-state index in [2.05, 4.69) is 5.32 Å². The molecule has 6 heteroatoms. The Balaban J connectivity index is 2.47. The van der Waals surface area contributed by atoms with Gasteiger partial charge in [0.15, 0.2) is 5.92 Å². The van der Waals surface area contributed by atoms with E-state index in [-0.39, 0.29) is 6.54 Å². The Morgan fingerprint density at radius 3 is 2.67 bits per heavy atom. The van der Waals surface area contributed by atoms with Gasteiger partial charge in [-0.3, -0.25) is 0 Å². The van der Waals surface area contributed by atoms with Gasteiger partial charge in [-0.05, 0) is 19.5 Å². The van der Waals surface area contributed by atoms with Crippen LogP contribution in [0, 0.1) is 17.2 Å².